The molecule has 2 heterocycles. The highest BCUT2D eigenvalue weighted by atomic mass is 32.1. The monoisotopic (exact) mass is 291 g/mol. The first-order chi connectivity index (χ1) is 9.69. The van der Waals surface area contributed by atoms with Crippen LogP contribution in [0.3, 0.4) is 0 Å². The molecule has 1 aliphatic rings. The smallest absolute Gasteiger partial charge is 0.194 e. The third kappa shape index (κ3) is 2.63. The van der Waals surface area contributed by atoms with E-state index in [0.29, 0.717) is 6.04 Å². The molecule has 0 aliphatic heterocycles. The van der Waals surface area contributed by atoms with Gasteiger partial charge in [0.15, 0.2) is 4.96 Å². The third-order valence-electron chi connectivity index (χ3n) is 4.71. The topological polar surface area (TPSA) is 29.3 Å². The van der Waals surface area contributed by atoms with Gasteiger partial charge in [0.2, 0.25) is 0 Å². The first-order valence-electron chi connectivity index (χ1n) is 7.86. The van der Waals surface area contributed by atoms with E-state index in [1.807, 2.05) is 0 Å². The molecule has 1 saturated carbocycles. The highest BCUT2D eigenvalue weighted by molar-refractivity contribution is 7.17. The van der Waals surface area contributed by atoms with E-state index < -0.39 is 0 Å². The Morgan fingerprint density at radius 3 is 2.95 bits per heavy atom. The van der Waals surface area contributed by atoms with E-state index in [2.05, 4.69) is 41.7 Å². The number of imidazole rings is 1. The lowest BCUT2D eigenvalue weighted by Gasteiger charge is -2.31. The summed E-state index contributed by atoms with van der Waals surface area (Å²) in [5, 5.41) is 3.81. The summed E-state index contributed by atoms with van der Waals surface area (Å²) in [5.41, 5.74) is 2.51. The minimum absolute atomic E-state index is 0.693. The maximum absolute atomic E-state index is 4.68. The number of nitrogens with zero attached hydrogens (tertiary/aromatic N) is 2. The first-order valence-corrected chi connectivity index (χ1v) is 8.68. The highest BCUT2D eigenvalue weighted by Crippen LogP contribution is 2.27. The summed E-state index contributed by atoms with van der Waals surface area (Å²) in [6, 6.07) is 0.693. The van der Waals surface area contributed by atoms with Gasteiger partial charge in [-0.15, -0.1) is 11.3 Å². The summed E-state index contributed by atoms with van der Waals surface area (Å²) in [5.74, 6) is 0.858. The predicted molar refractivity (Wildman–Crippen MR) is 85.4 cm³/mol. The molecule has 110 valence electrons. The van der Waals surface area contributed by atoms with Crippen LogP contribution in [0.15, 0.2) is 6.20 Å². The number of hydrogen-bond acceptors (Lipinski definition) is 3. The average molecular weight is 291 g/mol. The summed E-state index contributed by atoms with van der Waals surface area (Å²) in [6.45, 7) is 7.56. The first kappa shape index (κ1) is 14.1. The van der Waals surface area contributed by atoms with Gasteiger partial charge in [-0.2, -0.15) is 0 Å². The Kier molecular flexibility index (Phi) is 4.13. The molecule has 1 fully saturated rings. The van der Waals surface area contributed by atoms with E-state index in [4.69, 9.17) is 0 Å². The lowest BCUT2D eigenvalue weighted by Crippen LogP contribution is -2.38. The Labute approximate surface area is 125 Å². The Balaban J connectivity index is 1.74. The van der Waals surface area contributed by atoms with Crippen LogP contribution in [0, 0.1) is 19.8 Å². The summed E-state index contributed by atoms with van der Waals surface area (Å²) in [7, 11) is 0. The molecule has 2 aromatic heterocycles. The minimum Gasteiger partial charge on any atom is -0.308 e. The van der Waals surface area contributed by atoms with Gasteiger partial charge in [-0.05, 0) is 32.6 Å². The second kappa shape index (κ2) is 5.86. The molecule has 0 saturated heterocycles. The van der Waals surface area contributed by atoms with Crippen molar-refractivity contribution in [1.29, 1.82) is 0 Å². The molecule has 0 amide bonds. The fourth-order valence-electron chi connectivity index (χ4n) is 3.51. The van der Waals surface area contributed by atoms with Crippen LogP contribution < -0.4 is 5.32 Å². The molecule has 20 heavy (non-hydrogen) atoms. The summed E-state index contributed by atoms with van der Waals surface area (Å²) < 4.78 is 2.27. The van der Waals surface area contributed by atoms with Gasteiger partial charge < -0.3 is 5.32 Å². The molecular weight excluding hydrogens is 266 g/mol. The Morgan fingerprint density at radius 2 is 2.15 bits per heavy atom. The third-order valence-corrected chi connectivity index (χ3v) is 5.60. The van der Waals surface area contributed by atoms with E-state index >= 15 is 0 Å². The Bertz CT molecular complexity index is 584. The van der Waals surface area contributed by atoms with Gasteiger partial charge in [0.25, 0.3) is 0 Å². The van der Waals surface area contributed by atoms with Gasteiger partial charge in [0, 0.05) is 23.7 Å². The fourth-order valence-corrected chi connectivity index (χ4v) is 4.40. The fraction of sp³-hybridized carbons (Fsp3) is 0.688. The second-order valence-corrected chi connectivity index (χ2v) is 7.29. The van der Waals surface area contributed by atoms with Crippen LogP contribution >= 0.6 is 11.3 Å². The molecule has 2 atom stereocenters. The van der Waals surface area contributed by atoms with Crippen molar-refractivity contribution in [3.8, 4) is 0 Å². The van der Waals surface area contributed by atoms with E-state index in [1.54, 1.807) is 11.3 Å². The number of hydrogen-bond donors (Lipinski definition) is 1. The van der Waals surface area contributed by atoms with Gasteiger partial charge in [0.05, 0.1) is 11.4 Å². The van der Waals surface area contributed by atoms with Crippen LogP contribution in [0.2, 0.25) is 0 Å². The lowest BCUT2D eigenvalue weighted by atomic mass is 9.83. The van der Waals surface area contributed by atoms with Crippen molar-refractivity contribution in [2.75, 3.05) is 0 Å². The van der Waals surface area contributed by atoms with E-state index in [1.165, 1.54) is 48.4 Å². The van der Waals surface area contributed by atoms with Crippen molar-refractivity contribution in [3.05, 3.63) is 22.5 Å². The minimum atomic E-state index is 0.693. The maximum atomic E-state index is 4.68. The normalized spacial score (nSPS) is 23.6. The van der Waals surface area contributed by atoms with Gasteiger partial charge in [-0.1, -0.05) is 26.2 Å². The maximum Gasteiger partial charge on any atom is 0.194 e. The molecule has 0 aromatic carbocycles. The van der Waals surface area contributed by atoms with E-state index in [-0.39, 0.29) is 0 Å². The van der Waals surface area contributed by atoms with Gasteiger partial charge in [0.1, 0.15) is 0 Å². The van der Waals surface area contributed by atoms with Crippen LogP contribution in [0.1, 0.15) is 55.3 Å². The van der Waals surface area contributed by atoms with Crippen LogP contribution in [0.25, 0.3) is 4.96 Å². The van der Waals surface area contributed by atoms with Crippen LogP contribution in [-0.4, -0.2) is 15.4 Å². The number of aromatic nitrogens is 2. The van der Waals surface area contributed by atoms with Gasteiger partial charge in [-0.3, -0.25) is 4.40 Å². The molecule has 2 unspecified atom stereocenters. The van der Waals surface area contributed by atoms with Crippen molar-refractivity contribution in [2.24, 2.45) is 5.92 Å². The molecule has 4 heteroatoms. The van der Waals surface area contributed by atoms with Crippen molar-refractivity contribution in [1.82, 2.24) is 14.7 Å². The number of fused-ring (bicyclic) bond motifs is 1. The zero-order valence-electron chi connectivity index (χ0n) is 12.8. The zero-order chi connectivity index (χ0) is 14.1. The van der Waals surface area contributed by atoms with Gasteiger partial charge >= 0.3 is 0 Å². The van der Waals surface area contributed by atoms with Crippen LogP contribution in [-0.2, 0) is 6.54 Å². The zero-order valence-corrected chi connectivity index (χ0v) is 13.6. The summed E-state index contributed by atoms with van der Waals surface area (Å²) in [6.07, 6.45) is 9.04. The van der Waals surface area contributed by atoms with Gasteiger partial charge in [-0.25, -0.2) is 4.98 Å². The molecule has 0 spiro atoms. The molecule has 0 bridgehead atoms. The number of nitrogens with one attached hydrogen (secondary N) is 1. The lowest BCUT2D eigenvalue weighted by molar-refractivity contribution is 0.253. The quantitative estimate of drug-likeness (QED) is 0.920. The molecule has 3 nitrogen and oxygen atoms in total. The standard InChI is InChI=1S/C16H25N3S/c1-4-13-7-5-6-8-14(13)17-9-15-12(3)18-16-19(15)10-11(2)20-16/h10,13-14,17H,4-9H2,1-3H3. The van der Waals surface area contributed by atoms with Crippen molar-refractivity contribution in [3.63, 3.8) is 0 Å². The van der Waals surface area contributed by atoms with Crippen LogP contribution in [0.5, 0.6) is 0 Å². The van der Waals surface area contributed by atoms with Crippen molar-refractivity contribution in [2.45, 2.75) is 65.5 Å². The van der Waals surface area contributed by atoms with Crippen molar-refractivity contribution < 1.29 is 0 Å². The van der Waals surface area contributed by atoms with E-state index in [0.717, 1.165) is 17.4 Å². The second-order valence-electron chi connectivity index (χ2n) is 6.08. The molecular formula is C16H25N3S. The van der Waals surface area contributed by atoms with Crippen molar-refractivity contribution >= 4 is 16.3 Å². The number of rotatable bonds is 4. The number of aryl methyl sites for hydroxylation is 2. The summed E-state index contributed by atoms with van der Waals surface area (Å²) in [4.78, 5) is 7.14. The Morgan fingerprint density at radius 1 is 1.35 bits per heavy atom. The van der Waals surface area contributed by atoms with E-state index in [9.17, 15) is 0 Å². The average Bonchev–Trinajstić information content (AvgIpc) is 2.92. The predicted octanol–water partition coefficient (Wildman–Crippen LogP) is 4.07. The molecule has 3 rings (SSSR count). The number of thiazole rings is 1. The highest BCUT2D eigenvalue weighted by Gasteiger charge is 2.23. The molecule has 1 aliphatic carbocycles. The summed E-state index contributed by atoms with van der Waals surface area (Å²) >= 11 is 1.78. The largest absolute Gasteiger partial charge is 0.308 e. The molecule has 0 radical (unpaired) electrons. The molecule has 1 N–H and O–H groups in total. The Hall–Kier alpha value is -0.870. The van der Waals surface area contributed by atoms with Crippen LogP contribution in [0.4, 0.5) is 0 Å². The SMILES string of the molecule is CCC1CCCCC1NCc1c(C)nc2sc(C)cn12. The molecule has 2 aromatic rings.